The smallest absolute Gasteiger partial charge is 0.123 e. The van der Waals surface area contributed by atoms with Crippen molar-refractivity contribution in [3.63, 3.8) is 0 Å². The Morgan fingerprint density at radius 2 is 1.67 bits per heavy atom. The van der Waals surface area contributed by atoms with Gasteiger partial charge < -0.3 is 5.73 Å². The van der Waals surface area contributed by atoms with E-state index in [1.54, 1.807) is 0 Å². The van der Waals surface area contributed by atoms with Gasteiger partial charge in [-0.05, 0) is 30.2 Å². The van der Waals surface area contributed by atoms with Crippen LogP contribution in [0.4, 0.5) is 10.1 Å². The van der Waals surface area contributed by atoms with Crippen molar-refractivity contribution in [3.05, 3.63) is 30.1 Å². The summed E-state index contributed by atoms with van der Waals surface area (Å²) in [7, 11) is 0. The van der Waals surface area contributed by atoms with Crippen LogP contribution in [0.2, 0.25) is 0 Å². The lowest BCUT2D eigenvalue weighted by Gasteiger charge is -1.87. The van der Waals surface area contributed by atoms with Crippen LogP contribution in [0.3, 0.4) is 0 Å². The van der Waals surface area contributed by atoms with Gasteiger partial charge in [0.1, 0.15) is 5.82 Å². The largest absolute Gasteiger partial charge is 0.399 e. The minimum atomic E-state index is -0.251. The molecule has 2 rings (SSSR count). The van der Waals surface area contributed by atoms with Crippen molar-refractivity contribution < 1.29 is 4.39 Å². The predicted octanol–water partition coefficient (Wildman–Crippen LogP) is 2.82. The minimum absolute atomic E-state index is 0.251. The van der Waals surface area contributed by atoms with Crippen LogP contribution in [0.15, 0.2) is 24.3 Å². The van der Waals surface area contributed by atoms with E-state index >= 15 is 0 Å². The molecule has 1 aromatic rings. The molecule has 0 heterocycles. The summed E-state index contributed by atoms with van der Waals surface area (Å²) in [5.41, 5.74) is 5.85. The van der Waals surface area contributed by atoms with Gasteiger partial charge in [-0.1, -0.05) is 19.8 Å². The molecule has 0 atom stereocenters. The molecule has 2 heteroatoms. The van der Waals surface area contributed by atoms with E-state index in [-0.39, 0.29) is 5.82 Å². The molecule has 66 valence electrons. The Morgan fingerprint density at radius 1 is 1.25 bits per heavy atom. The van der Waals surface area contributed by atoms with Crippen LogP contribution in [0, 0.1) is 11.7 Å². The molecule has 0 radical (unpaired) electrons. The third-order valence-corrected chi connectivity index (χ3v) is 1.74. The summed E-state index contributed by atoms with van der Waals surface area (Å²) < 4.78 is 12.0. The molecule has 0 saturated heterocycles. The van der Waals surface area contributed by atoms with Crippen LogP contribution in [0.5, 0.6) is 0 Å². The fourth-order valence-corrected chi connectivity index (χ4v) is 0.629. The molecule has 0 aliphatic heterocycles. The van der Waals surface area contributed by atoms with Gasteiger partial charge in [0.15, 0.2) is 0 Å². The number of hydrogen-bond donors (Lipinski definition) is 1. The van der Waals surface area contributed by atoms with E-state index < -0.39 is 0 Å². The summed E-state index contributed by atoms with van der Waals surface area (Å²) in [6.45, 7) is 2.28. The standard InChI is InChI=1S/C6H6FN.C4H8/c7-5-1-3-6(8)4-2-5;1-4-2-3-4/h1-4H,8H2;4H,2-3H2,1H3. The molecular formula is C10H14FN. The number of benzene rings is 1. The highest BCUT2D eigenvalue weighted by Crippen LogP contribution is 2.26. The van der Waals surface area contributed by atoms with Gasteiger partial charge in [-0.15, -0.1) is 0 Å². The van der Waals surface area contributed by atoms with Gasteiger partial charge in [-0.3, -0.25) is 0 Å². The Balaban J connectivity index is 0.000000150. The van der Waals surface area contributed by atoms with Crippen LogP contribution in [0.25, 0.3) is 0 Å². The highest BCUT2D eigenvalue weighted by atomic mass is 19.1. The Hall–Kier alpha value is -1.05. The average Bonchev–Trinajstić information content (AvgIpc) is 2.80. The van der Waals surface area contributed by atoms with Gasteiger partial charge in [0, 0.05) is 5.69 Å². The van der Waals surface area contributed by atoms with E-state index in [2.05, 4.69) is 6.92 Å². The second kappa shape index (κ2) is 4.10. The molecule has 0 spiro atoms. The summed E-state index contributed by atoms with van der Waals surface area (Å²) in [4.78, 5) is 0. The summed E-state index contributed by atoms with van der Waals surface area (Å²) in [6.07, 6.45) is 2.97. The first-order valence-corrected chi connectivity index (χ1v) is 4.19. The number of halogens is 1. The molecule has 1 saturated carbocycles. The molecule has 1 aromatic carbocycles. The zero-order valence-electron chi connectivity index (χ0n) is 7.26. The molecular weight excluding hydrogens is 153 g/mol. The van der Waals surface area contributed by atoms with E-state index in [4.69, 9.17) is 5.73 Å². The lowest BCUT2D eigenvalue weighted by molar-refractivity contribution is 0.628. The van der Waals surface area contributed by atoms with Crippen LogP contribution in [-0.4, -0.2) is 0 Å². The number of hydrogen-bond acceptors (Lipinski definition) is 1. The second-order valence-corrected chi connectivity index (χ2v) is 3.23. The summed E-state index contributed by atoms with van der Waals surface area (Å²) in [6, 6.07) is 5.70. The second-order valence-electron chi connectivity index (χ2n) is 3.23. The number of nitrogen functional groups attached to an aromatic ring is 1. The maximum Gasteiger partial charge on any atom is 0.123 e. The predicted molar refractivity (Wildman–Crippen MR) is 49.2 cm³/mol. The van der Waals surface area contributed by atoms with Crippen LogP contribution in [0.1, 0.15) is 19.8 Å². The Labute approximate surface area is 72.4 Å². The SMILES string of the molecule is CC1CC1.Nc1ccc(F)cc1. The first kappa shape index (κ1) is 9.04. The Bertz CT molecular complexity index is 205. The van der Waals surface area contributed by atoms with Gasteiger partial charge in [0.2, 0.25) is 0 Å². The molecule has 1 fully saturated rings. The number of rotatable bonds is 0. The van der Waals surface area contributed by atoms with Crippen molar-refractivity contribution in [2.45, 2.75) is 19.8 Å². The number of nitrogens with two attached hydrogens (primary N) is 1. The van der Waals surface area contributed by atoms with Gasteiger partial charge in [-0.2, -0.15) is 0 Å². The van der Waals surface area contributed by atoms with E-state index in [0.717, 1.165) is 5.92 Å². The quantitative estimate of drug-likeness (QED) is 0.591. The third-order valence-electron chi connectivity index (χ3n) is 1.74. The molecule has 12 heavy (non-hydrogen) atoms. The third kappa shape index (κ3) is 3.96. The highest BCUT2D eigenvalue weighted by molar-refractivity contribution is 5.36. The highest BCUT2D eigenvalue weighted by Gasteiger charge is 2.12. The topological polar surface area (TPSA) is 26.0 Å². The molecule has 2 N–H and O–H groups in total. The monoisotopic (exact) mass is 167 g/mol. The Kier molecular flexibility index (Phi) is 3.09. The molecule has 0 aromatic heterocycles. The summed E-state index contributed by atoms with van der Waals surface area (Å²) in [5.74, 6) is 0.833. The van der Waals surface area contributed by atoms with Crippen molar-refractivity contribution in [3.8, 4) is 0 Å². The van der Waals surface area contributed by atoms with Crippen LogP contribution in [-0.2, 0) is 0 Å². The van der Waals surface area contributed by atoms with E-state index in [9.17, 15) is 4.39 Å². The molecule has 1 nitrogen and oxygen atoms in total. The molecule has 1 aliphatic carbocycles. The zero-order chi connectivity index (χ0) is 8.97. The zero-order valence-corrected chi connectivity index (χ0v) is 7.26. The maximum absolute atomic E-state index is 12.0. The average molecular weight is 167 g/mol. The van der Waals surface area contributed by atoms with Gasteiger partial charge >= 0.3 is 0 Å². The van der Waals surface area contributed by atoms with Crippen LogP contribution < -0.4 is 5.73 Å². The van der Waals surface area contributed by atoms with Gasteiger partial charge in [0.05, 0.1) is 0 Å². The van der Waals surface area contributed by atoms with E-state index in [1.807, 2.05) is 0 Å². The van der Waals surface area contributed by atoms with E-state index in [1.165, 1.54) is 37.1 Å². The first-order chi connectivity index (χ1) is 5.68. The molecule has 0 bridgehead atoms. The lowest BCUT2D eigenvalue weighted by atomic mass is 10.3. The summed E-state index contributed by atoms with van der Waals surface area (Å²) >= 11 is 0. The first-order valence-electron chi connectivity index (χ1n) is 4.19. The van der Waals surface area contributed by atoms with Crippen molar-refractivity contribution in [1.29, 1.82) is 0 Å². The molecule has 1 aliphatic rings. The number of anilines is 1. The maximum atomic E-state index is 12.0. The van der Waals surface area contributed by atoms with E-state index in [0.29, 0.717) is 5.69 Å². The van der Waals surface area contributed by atoms with Crippen molar-refractivity contribution >= 4 is 5.69 Å². The fourth-order valence-electron chi connectivity index (χ4n) is 0.629. The molecule has 0 amide bonds. The Morgan fingerprint density at radius 3 is 1.92 bits per heavy atom. The van der Waals surface area contributed by atoms with Gasteiger partial charge in [0.25, 0.3) is 0 Å². The summed E-state index contributed by atoms with van der Waals surface area (Å²) in [5, 5.41) is 0. The van der Waals surface area contributed by atoms with Gasteiger partial charge in [-0.25, -0.2) is 4.39 Å². The molecule has 0 unspecified atom stereocenters. The minimum Gasteiger partial charge on any atom is -0.399 e. The van der Waals surface area contributed by atoms with Crippen molar-refractivity contribution in [2.75, 3.05) is 5.73 Å². The van der Waals surface area contributed by atoms with Crippen molar-refractivity contribution in [1.82, 2.24) is 0 Å². The fraction of sp³-hybridized carbons (Fsp3) is 0.400. The van der Waals surface area contributed by atoms with Crippen LogP contribution >= 0.6 is 0 Å². The lowest BCUT2D eigenvalue weighted by Crippen LogP contribution is -1.82. The normalized spacial score (nSPS) is 14.8. The van der Waals surface area contributed by atoms with Crippen molar-refractivity contribution in [2.24, 2.45) is 5.92 Å².